The highest BCUT2D eigenvalue weighted by Crippen LogP contribution is 2.41. The molecule has 35 heavy (non-hydrogen) atoms. The van der Waals surface area contributed by atoms with Crippen LogP contribution in [0.2, 0.25) is 0 Å². The fraction of sp³-hybridized carbons (Fsp3) is 0.400. The molecule has 186 valence electrons. The SMILES string of the molecule is CN(CCO)C(=O)C1=CC2NC(c3ccncc3OCC(F)F)C(Nc3ccccc3)C2C(=O)C1. The van der Waals surface area contributed by atoms with Gasteiger partial charge in [-0.1, -0.05) is 24.3 Å². The summed E-state index contributed by atoms with van der Waals surface area (Å²) in [6.45, 7) is -0.791. The molecule has 1 aliphatic carbocycles. The zero-order valence-electron chi connectivity index (χ0n) is 19.2. The van der Waals surface area contributed by atoms with Gasteiger partial charge in [0.1, 0.15) is 18.1 Å². The summed E-state index contributed by atoms with van der Waals surface area (Å²) in [4.78, 5) is 31.6. The summed E-state index contributed by atoms with van der Waals surface area (Å²) in [5, 5.41) is 16.0. The Hall–Kier alpha value is -3.37. The van der Waals surface area contributed by atoms with Gasteiger partial charge in [-0.3, -0.25) is 14.6 Å². The Bertz CT molecular complexity index is 1080. The number of carbonyl (C=O) groups is 2. The Morgan fingerprint density at radius 3 is 2.80 bits per heavy atom. The summed E-state index contributed by atoms with van der Waals surface area (Å²) in [6.07, 6.45) is 2.03. The summed E-state index contributed by atoms with van der Waals surface area (Å²) in [5.74, 6) is -0.713. The Morgan fingerprint density at radius 1 is 1.31 bits per heavy atom. The van der Waals surface area contributed by atoms with Gasteiger partial charge in [-0.05, 0) is 18.2 Å². The number of benzene rings is 1. The number of carbonyl (C=O) groups excluding carboxylic acids is 2. The molecular weight excluding hydrogens is 458 g/mol. The van der Waals surface area contributed by atoms with E-state index in [1.54, 1.807) is 25.4 Å². The van der Waals surface area contributed by atoms with E-state index >= 15 is 0 Å². The lowest BCUT2D eigenvalue weighted by Crippen LogP contribution is -2.42. The number of amides is 1. The number of fused-ring (bicyclic) bond motifs is 1. The maximum atomic E-state index is 13.4. The van der Waals surface area contributed by atoms with Crippen molar-refractivity contribution < 1.29 is 28.2 Å². The highest BCUT2D eigenvalue weighted by molar-refractivity contribution is 6.01. The second-order valence-electron chi connectivity index (χ2n) is 8.63. The molecular formula is C25H28F2N4O4. The number of para-hydroxylation sites is 1. The molecule has 4 rings (SSSR count). The lowest BCUT2D eigenvalue weighted by atomic mass is 9.80. The van der Waals surface area contributed by atoms with E-state index in [4.69, 9.17) is 9.84 Å². The fourth-order valence-electron chi connectivity index (χ4n) is 4.73. The molecule has 3 N–H and O–H groups in total. The van der Waals surface area contributed by atoms with Gasteiger partial charge in [-0.25, -0.2) is 8.78 Å². The molecule has 1 aromatic heterocycles. The Balaban J connectivity index is 1.69. The molecule has 2 aliphatic rings. The molecule has 0 saturated carbocycles. The standard InChI is InChI=1S/C25H28F2N4O4/c1-31(9-10-32)25(34)15-11-18-22(19(33)12-15)24(29-16-5-3-2-4-6-16)23(30-18)17-7-8-28-13-20(17)35-14-21(26)27/h2-8,11,13,18,21-24,29-30,32H,9-10,12,14H2,1H3. The lowest BCUT2D eigenvalue weighted by molar-refractivity contribution is -0.129. The first-order chi connectivity index (χ1) is 16.9. The molecule has 1 amide bonds. The molecule has 1 aliphatic heterocycles. The molecule has 0 bridgehead atoms. The number of aliphatic hydroxyl groups excluding tert-OH is 1. The smallest absolute Gasteiger partial charge is 0.272 e. The molecule has 1 fully saturated rings. The topological polar surface area (TPSA) is 104 Å². The summed E-state index contributed by atoms with van der Waals surface area (Å²) in [5.41, 5.74) is 1.76. The van der Waals surface area contributed by atoms with Gasteiger partial charge in [0.25, 0.3) is 6.43 Å². The first-order valence-corrected chi connectivity index (χ1v) is 11.4. The average molecular weight is 487 g/mol. The number of anilines is 1. The van der Waals surface area contributed by atoms with Crippen molar-refractivity contribution in [2.45, 2.75) is 31.0 Å². The number of hydrogen-bond donors (Lipinski definition) is 3. The van der Waals surface area contributed by atoms with Crippen molar-refractivity contribution in [3.8, 4) is 5.75 Å². The van der Waals surface area contributed by atoms with E-state index in [0.717, 1.165) is 5.69 Å². The van der Waals surface area contributed by atoms with Crippen LogP contribution in [0.4, 0.5) is 14.5 Å². The minimum Gasteiger partial charge on any atom is -0.486 e. The van der Waals surface area contributed by atoms with Crippen molar-refractivity contribution in [2.24, 2.45) is 5.92 Å². The van der Waals surface area contributed by atoms with Gasteiger partial charge in [0.15, 0.2) is 0 Å². The Labute approximate surface area is 202 Å². The summed E-state index contributed by atoms with van der Waals surface area (Å²) in [6, 6.07) is 9.70. The third-order valence-corrected chi connectivity index (χ3v) is 6.30. The van der Waals surface area contributed by atoms with Gasteiger partial charge in [0.2, 0.25) is 5.91 Å². The van der Waals surface area contributed by atoms with E-state index in [0.29, 0.717) is 11.1 Å². The number of nitrogens with one attached hydrogen (secondary N) is 2. The zero-order valence-corrected chi connectivity index (χ0v) is 19.2. The molecule has 10 heteroatoms. The molecule has 2 aromatic rings. The Morgan fingerprint density at radius 2 is 2.09 bits per heavy atom. The van der Waals surface area contributed by atoms with Crippen molar-refractivity contribution in [2.75, 3.05) is 32.1 Å². The van der Waals surface area contributed by atoms with E-state index < -0.39 is 37.1 Å². The number of halogens is 2. The van der Waals surface area contributed by atoms with Crippen LogP contribution in [0.3, 0.4) is 0 Å². The number of aliphatic hydroxyl groups is 1. The molecule has 4 unspecified atom stereocenters. The minimum atomic E-state index is -2.64. The number of ether oxygens (including phenoxy) is 1. The predicted octanol–water partition coefficient (Wildman–Crippen LogP) is 2.19. The first kappa shape index (κ1) is 24.7. The van der Waals surface area contributed by atoms with Crippen LogP contribution in [-0.4, -0.2) is 72.0 Å². The second kappa shape index (κ2) is 10.9. The van der Waals surface area contributed by atoms with E-state index in [1.165, 1.54) is 11.1 Å². The summed E-state index contributed by atoms with van der Waals surface area (Å²) >= 11 is 0. The van der Waals surface area contributed by atoms with Gasteiger partial charge in [-0.15, -0.1) is 0 Å². The van der Waals surface area contributed by atoms with Crippen LogP contribution in [0.5, 0.6) is 5.75 Å². The van der Waals surface area contributed by atoms with Gasteiger partial charge >= 0.3 is 0 Å². The molecule has 0 radical (unpaired) electrons. The van der Waals surface area contributed by atoms with Crippen LogP contribution in [0.15, 0.2) is 60.4 Å². The number of hydrogen-bond acceptors (Lipinski definition) is 7. The number of Topliss-reactive ketones (excluding diaryl/α,β-unsaturated/α-hetero) is 1. The predicted molar refractivity (Wildman–Crippen MR) is 125 cm³/mol. The van der Waals surface area contributed by atoms with Crippen LogP contribution in [-0.2, 0) is 9.59 Å². The van der Waals surface area contributed by atoms with Crippen LogP contribution in [0, 0.1) is 5.92 Å². The maximum absolute atomic E-state index is 13.4. The molecule has 1 saturated heterocycles. The van der Waals surface area contributed by atoms with Crippen molar-refractivity contribution in [1.29, 1.82) is 0 Å². The van der Waals surface area contributed by atoms with Gasteiger partial charge in [0, 0.05) is 49.1 Å². The third-order valence-electron chi connectivity index (χ3n) is 6.30. The number of likely N-dealkylation sites (N-methyl/N-ethyl adjacent to an activating group) is 1. The third kappa shape index (κ3) is 5.49. The van der Waals surface area contributed by atoms with Gasteiger partial charge < -0.3 is 25.4 Å². The zero-order chi connectivity index (χ0) is 24.9. The fourth-order valence-corrected chi connectivity index (χ4v) is 4.73. The van der Waals surface area contributed by atoms with Gasteiger partial charge in [-0.2, -0.15) is 0 Å². The quantitative estimate of drug-likeness (QED) is 0.499. The maximum Gasteiger partial charge on any atom is 0.272 e. The second-order valence-corrected chi connectivity index (χ2v) is 8.63. The van der Waals surface area contributed by atoms with Gasteiger partial charge in [0.05, 0.1) is 30.8 Å². The minimum absolute atomic E-state index is 0.0256. The van der Waals surface area contributed by atoms with Crippen molar-refractivity contribution in [1.82, 2.24) is 15.2 Å². The highest BCUT2D eigenvalue weighted by Gasteiger charge is 2.49. The van der Waals surface area contributed by atoms with Crippen LogP contribution in [0.1, 0.15) is 18.0 Å². The van der Waals surface area contributed by atoms with Crippen molar-refractivity contribution in [3.05, 3.63) is 66.0 Å². The van der Waals surface area contributed by atoms with E-state index in [2.05, 4.69) is 15.6 Å². The molecule has 2 heterocycles. The van der Waals surface area contributed by atoms with Crippen molar-refractivity contribution >= 4 is 17.4 Å². The average Bonchev–Trinajstić information content (AvgIpc) is 3.21. The van der Waals surface area contributed by atoms with E-state index in [-0.39, 0.29) is 37.0 Å². The summed E-state index contributed by atoms with van der Waals surface area (Å²) < 4.78 is 31.0. The van der Waals surface area contributed by atoms with E-state index in [9.17, 15) is 18.4 Å². The largest absolute Gasteiger partial charge is 0.486 e. The monoisotopic (exact) mass is 486 g/mol. The number of ketones is 1. The summed E-state index contributed by atoms with van der Waals surface area (Å²) in [7, 11) is 1.57. The first-order valence-electron chi connectivity index (χ1n) is 11.4. The molecule has 4 atom stereocenters. The Kier molecular flexibility index (Phi) is 7.72. The molecule has 1 aromatic carbocycles. The van der Waals surface area contributed by atoms with Crippen LogP contribution >= 0.6 is 0 Å². The normalized spacial score (nSPS) is 23.6. The molecule has 0 spiro atoms. The molecule has 8 nitrogen and oxygen atoms in total. The number of rotatable bonds is 9. The van der Waals surface area contributed by atoms with Crippen molar-refractivity contribution in [3.63, 3.8) is 0 Å². The van der Waals surface area contributed by atoms with Crippen LogP contribution in [0.25, 0.3) is 0 Å². The highest BCUT2D eigenvalue weighted by atomic mass is 19.3. The number of aromatic nitrogens is 1. The lowest BCUT2D eigenvalue weighted by Gasteiger charge is -2.30. The van der Waals surface area contributed by atoms with Crippen LogP contribution < -0.4 is 15.4 Å². The number of pyridine rings is 1. The number of nitrogens with zero attached hydrogens (tertiary/aromatic N) is 2. The van der Waals surface area contributed by atoms with E-state index in [1.807, 2.05) is 30.3 Å². The number of alkyl halides is 2.